The topological polar surface area (TPSA) is 126 Å². The van der Waals surface area contributed by atoms with Crippen molar-refractivity contribution in [1.29, 1.82) is 0 Å². The Balaban J connectivity index is 0.00000324. The number of halogens is 1. The van der Waals surface area contributed by atoms with Crippen molar-refractivity contribution in [3.05, 3.63) is 52.1 Å². The molecule has 4 N–H and O–H groups in total. The average Bonchev–Trinajstić information content (AvgIpc) is 3.11. The summed E-state index contributed by atoms with van der Waals surface area (Å²) in [6, 6.07) is 2.78. The first kappa shape index (κ1) is 25.9. The molecule has 184 valence electrons. The van der Waals surface area contributed by atoms with Crippen LogP contribution in [-0.2, 0) is 4.74 Å². The molecular weight excluding hydrogens is 462 g/mol. The fraction of sp³-hybridized carbons (Fsp3) is 0.417. The first-order chi connectivity index (χ1) is 15.6. The molecule has 0 bridgehead atoms. The number of aromatic nitrogens is 2. The van der Waals surface area contributed by atoms with Crippen LogP contribution in [0.15, 0.2) is 35.4 Å². The quantitative estimate of drug-likeness (QED) is 0.437. The largest absolute Gasteiger partial charge is 0.505 e. The molecule has 0 unspecified atom stereocenters. The number of rotatable bonds is 4. The smallest absolute Gasteiger partial charge is 0.264 e. The minimum Gasteiger partial charge on any atom is -0.505 e. The highest BCUT2D eigenvalue weighted by Gasteiger charge is 2.51. The Morgan fingerprint density at radius 2 is 2.06 bits per heavy atom. The van der Waals surface area contributed by atoms with Gasteiger partial charge in [0.25, 0.3) is 5.56 Å². The van der Waals surface area contributed by atoms with Crippen molar-refractivity contribution in [1.82, 2.24) is 14.7 Å². The van der Waals surface area contributed by atoms with Crippen LogP contribution in [0.25, 0.3) is 22.5 Å². The van der Waals surface area contributed by atoms with E-state index in [1.165, 1.54) is 23.6 Å². The van der Waals surface area contributed by atoms with E-state index in [0.29, 0.717) is 11.1 Å². The molecule has 0 saturated carbocycles. The van der Waals surface area contributed by atoms with Gasteiger partial charge >= 0.3 is 0 Å². The molecule has 3 heterocycles. The number of benzene rings is 1. The average molecular weight is 492 g/mol. The molecule has 3 aromatic rings. The minimum absolute atomic E-state index is 0. The van der Waals surface area contributed by atoms with Gasteiger partial charge in [-0.15, -0.1) is 12.4 Å². The Kier molecular flexibility index (Phi) is 7.26. The summed E-state index contributed by atoms with van der Waals surface area (Å²) in [4.78, 5) is 17.7. The van der Waals surface area contributed by atoms with Crippen LogP contribution in [0.4, 0.5) is 0 Å². The van der Waals surface area contributed by atoms with Gasteiger partial charge in [0, 0.05) is 11.8 Å². The number of likely N-dealkylation sites (N-methyl/N-ethyl adjacent to an activating group) is 1. The summed E-state index contributed by atoms with van der Waals surface area (Å²) in [6.45, 7) is 6.77. The number of fused-ring (bicyclic) bond motifs is 2. The molecule has 34 heavy (non-hydrogen) atoms. The van der Waals surface area contributed by atoms with E-state index in [1.54, 1.807) is 27.1 Å². The minimum atomic E-state index is -1.54. The molecule has 0 spiro atoms. The number of nitrogens with one attached hydrogen (secondary N) is 1. The molecule has 9 nitrogen and oxygen atoms in total. The number of hydrogen-bond donors (Lipinski definition) is 4. The van der Waals surface area contributed by atoms with Gasteiger partial charge in [-0.2, -0.15) is 0 Å². The summed E-state index contributed by atoms with van der Waals surface area (Å²) in [5.74, 6) is -0.0567. The third kappa shape index (κ3) is 4.14. The lowest BCUT2D eigenvalue weighted by Crippen LogP contribution is -2.69. The van der Waals surface area contributed by atoms with Gasteiger partial charge in [0.2, 0.25) is 6.29 Å². The molecule has 0 aliphatic carbocycles. The standard InChI is InChI=1S/C24H29N3O6.ClH/c1-6-7-14-8-15-10-26-18-16(22(30)27(15)11-14)9-17(12(2)19(18)28)33-23-21(29)24(4,31)20(25-5)13(3)32-23;/h6-11,13,20-21,23,25,28-29,31H,1-5H3;1H/b7-6+;/t13-,20-,21-,23-,24+;/m0./s1. The van der Waals surface area contributed by atoms with Gasteiger partial charge in [0.05, 0.1) is 29.2 Å². The van der Waals surface area contributed by atoms with Crippen molar-refractivity contribution in [3.63, 3.8) is 0 Å². The fourth-order valence-corrected chi connectivity index (χ4v) is 4.51. The number of phenols is 1. The van der Waals surface area contributed by atoms with Crippen LogP contribution >= 0.6 is 12.4 Å². The third-order valence-electron chi connectivity index (χ3n) is 6.34. The van der Waals surface area contributed by atoms with E-state index >= 15 is 0 Å². The van der Waals surface area contributed by atoms with Gasteiger partial charge in [-0.25, -0.2) is 4.98 Å². The number of aliphatic hydroxyl groups is 2. The monoisotopic (exact) mass is 491 g/mol. The van der Waals surface area contributed by atoms with E-state index in [1.807, 2.05) is 25.1 Å². The summed E-state index contributed by atoms with van der Waals surface area (Å²) < 4.78 is 13.2. The van der Waals surface area contributed by atoms with Crippen molar-refractivity contribution in [3.8, 4) is 11.5 Å². The molecule has 10 heteroatoms. The maximum atomic E-state index is 13.3. The van der Waals surface area contributed by atoms with Crippen LogP contribution in [0.3, 0.4) is 0 Å². The highest BCUT2D eigenvalue weighted by Crippen LogP contribution is 2.36. The fourth-order valence-electron chi connectivity index (χ4n) is 4.51. The summed E-state index contributed by atoms with van der Waals surface area (Å²) in [5, 5.41) is 35.5. The summed E-state index contributed by atoms with van der Waals surface area (Å²) in [6.07, 6.45) is 3.88. The second-order valence-electron chi connectivity index (χ2n) is 8.64. The number of hydrogen-bond acceptors (Lipinski definition) is 8. The van der Waals surface area contributed by atoms with Crippen molar-refractivity contribution in [2.45, 2.75) is 57.8 Å². The maximum Gasteiger partial charge on any atom is 0.264 e. The van der Waals surface area contributed by atoms with E-state index in [2.05, 4.69) is 10.3 Å². The second-order valence-corrected chi connectivity index (χ2v) is 8.64. The Hall–Kier alpha value is -2.69. The lowest BCUT2D eigenvalue weighted by Gasteiger charge is -2.47. The molecule has 1 aliphatic rings. The molecule has 4 rings (SSSR count). The lowest BCUT2D eigenvalue weighted by molar-refractivity contribution is -0.272. The van der Waals surface area contributed by atoms with Crippen LogP contribution in [0.2, 0.25) is 0 Å². The van der Waals surface area contributed by atoms with E-state index in [4.69, 9.17) is 9.47 Å². The Bertz CT molecular complexity index is 1310. The van der Waals surface area contributed by atoms with Crippen LogP contribution in [0, 0.1) is 6.92 Å². The van der Waals surface area contributed by atoms with Gasteiger partial charge in [0.1, 0.15) is 28.7 Å². The molecule has 5 atom stereocenters. The highest BCUT2D eigenvalue weighted by molar-refractivity contribution is 5.87. The number of phenolic OH excluding ortho intramolecular Hbond substituents is 1. The number of aromatic hydroxyl groups is 1. The van der Waals surface area contributed by atoms with Crippen LogP contribution in [0.1, 0.15) is 31.9 Å². The number of aliphatic hydroxyl groups excluding tert-OH is 1. The highest BCUT2D eigenvalue weighted by atomic mass is 35.5. The van der Waals surface area contributed by atoms with Crippen LogP contribution in [0.5, 0.6) is 11.5 Å². The molecule has 1 aromatic carbocycles. The van der Waals surface area contributed by atoms with Gasteiger partial charge in [-0.3, -0.25) is 9.20 Å². The SMILES string of the molecule is C/C=C/c1cc2cnc3c(O)c(C)c(O[C@@H]4O[C@@H](C)[C@H](NC)[C@@](C)(O)[C@H]4O)cc3c(=O)n2c1.Cl. The zero-order valence-corrected chi connectivity index (χ0v) is 20.5. The van der Waals surface area contributed by atoms with Gasteiger partial charge in [-0.1, -0.05) is 12.2 Å². The van der Waals surface area contributed by atoms with Crippen molar-refractivity contribution in [2.75, 3.05) is 7.05 Å². The third-order valence-corrected chi connectivity index (χ3v) is 6.34. The molecule has 2 aromatic heterocycles. The number of ether oxygens (including phenoxy) is 2. The number of nitrogens with zero attached hydrogens (tertiary/aromatic N) is 2. The predicted molar refractivity (Wildman–Crippen MR) is 132 cm³/mol. The predicted octanol–water partition coefficient (Wildman–Crippen LogP) is 2.14. The van der Waals surface area contributed by atoms with E-state index in [-0.39, 0.29) is 40.4 Å². The molecule has 0 radical (unpaired) electrons. The molecule has 0 amide bonds. The first-order valence-electron chi connectivity index (χ1n) is 10.8. The lowest BCUT2D eigenvalue weighted by atomic mass is 9.84. The van der Waals surface area contributed by atoms with E-state index < -0.39 is 30.1 Å². The zero-order valence-electron chi connectivity index (χ0n) is 19.6. The Morgan fingerprint density at radius 1 is 1.35 bits per heavy atom. The molecule has 1 saturated heterocycles. The number of allylic oxidation sites excluding steroid dienone is 1. The Labute approximate surface area is 203 Å². The zero-order chi connectivity index (χ0) is 24.1. The Morgan fingerprint density at radius 3 is 2.71 bits per heavy atom. The van der Waals surface area contributed by atoms with Crippen LogP contribution in [-0.4, -0.2) is 61.9 Å². The summed E-state index contributed by atoms with van der Waals surface area (Å²) in [7, 11) is 1.67. The van der Waals surface area contributed by atoms with E-state index in [9.17, 15) is 20.1 Å². The van der Waals surface area contributed by atoms with Crippen LogP contribution < -0.4 is 15.6 Å². The van der Waals surface area contributed by atoms with Gasteiger partial charge in [-0.05, 0) is 52.4 Å². The van der Waals surface area contributed by atoms with Gasteiger partial charge in [0.15, 0.2) is 0 Å². The maximum absolute atomic E-state index is 13.3. The first-order valence-corrected chi connectivity index (χ1v) is 10.8. The normalized spacial score (nSPS) is 27.3. The second kappa shape index (κ2) is 9.52. The van der Waals surface area contributed by atoms with Crippen molar-refractivity contribution < 1.29 is 24.8 Å². The van der Waals surface area contributed by atoms with Crippen molar-refractivity contribution >= 4 is 34.9 Å². The molecule has 1 aliphatic heterocycles. The molecule has 1 fully saturated rings. The molecular formula is C24H30ClN3O6. The summed E-state index contributed by atoms with van der Waals surface area (Å²) in [5.41, 5.74) is -0.0210. The van der Waals surface area contributed by atoms with Gasteiger partial charge < -0.3 is 30.1 Å². The summed E-state index contributed by atoms with van der Waals surface area (Å²) >= 11 is 0. The van der Waals surface area contributed by atoms with E-state index in [0.717, 1.165) is 5.56 Å². The van der Waals surface area contributed by atoms with Crippen molar-refractivity contribution in [2.24, 2.45) is 0 Å².